The molecule has 1 N–H and O–H groups in total. The van der Waals surface area contributed by atoms with E-state index in [0.29, 0.717) is 41.6 Å². The van der Waals surface area contributed by atoms with Crippen LogP contribution in [0.2, 0.25) is 0 Å². The predicted molar refractivity (Wildman–Crippen MR) is 139 cm³/mol. The molecule has 5 rings (SSSR count). The third-order valence-corrected chi connectivity index (χ3v) is 6.27. The Morgan fingerprint density at radius 1 is 0.973 bits per heavy atom. The highest BCUT2D eigenvalue weighted by atomic mass is 16.5. The fraction of sp³-hybridized carbons (Fsp3) is 0.207. The lowest BCUT2D eigenvalue weighted by molar-refractivity contribution is 0.0526. The number of nitrogens with zero attached hydrogens (tertiary/aromatic N) is 2. The number of amides is 1. The minimum atomic E-state index is -0.466. The number of hydrogen-bond donors (Lipinski definition) is 1. The summed E-state index contributed by atoms with van der Waals surface area (Å²) in [6, 6.07) is 21.7. The lowest BCUT2D eigenvalue weighted by Gasteiger charge is -2.27. The molecular formula is C29H27N3O5. The normalized spacial score (nSPS) is 14.4. The zero-order chi connectivity index (χ0) is 25.9. The number of aromatic amines is 1. The number of hydrogen-bond acceptors (Lipinski definition) is 6. The number of carbonyl (C=O) groups is 2. The zero-order valence-corrected chi connectivity index (χ0v) is 20.9. The van der Waals surface area contributed by atoms with Crippen LogP contribution in [0.1, 0.15) is 51.9 Å². The summed E-state index contributed by atoms with van der Waals surface area (Å²) in [5, 5.41) is 7.50. The molecule has 1 aromatic heterocycles. The van der Waals surface area contributed by atoms with Gasteiger partial charge in [0, 0.05) is 16.8 Å². The summed E-state index contributed by atoms with van der Waals surface area (Å²) in [6.07, 6.45) is 0. The molecule has 0 spiro atoms. The number of rotatable bonds is 8. The number of esters is 1. The van der Waals surface area contributed by atoms with Gasteiger partial charge in [-0.2, -0.15) is 5.10 Å². The van der Waals surface area contributed by atoms with Crippen LogP contribution >= 0.6 is 0 Å². The molecule has 3 aromatic carbocycles. The molecule has 0 bridgehead atoms. The number of H-pyrrole nitrogens is 1. The molecule has 2 heterocycles. The standard InChI is InChI=1S/C29H27N3O5/c1-4-36-22-15-11-18(12-16-22)25-24-26(31-30-25)28(33)32(27(24)20-7-6-8-23(17-20)35-3)21-13-9-19(10-14-21)29(34)37-5-2/h6-17,27H,4-5H2,1-3H3,(H,30,31)/t27-/m1/s1. The fourth-order valence-corrected chi connectivity index (χ4v) is 4.61. The van der Waals surface area contributed by atoms with Crippen molar-refractivity contribution >= 4 is 17.6 Å². The first-order valence-corrected chi connectivity index (χ1v) is 12.1. The summed E-state index contributed by atoms with van der Waals surface area (Å²) in [6.45, 7) is 4.57. The molecule has 0 radical (unpaired) electrons. The first-order chi connectivity index (χ1) is 18.0. The molecule has 8 nitrogen and oxygen atoms in total. The first kappa shape index (κ1) is 24.1. The SMILES string of the molecule is CCOC(=O)c1ccc(N2C(=O)c3[nH]nc(-c4ccc(OCC)cc4)c3[C@H]2c2cccc(OC)c2)cc1. The van der Waals surface area contributed by atoms with Crippen LogP contribution in [0.4, 0.5) is 5.69 Å². The van der Waals surface area contributed by atoms with Gasteiger partial charge in [0.25, 0.3) is 5.91 Å². The smallest absolute Gasteiger partial charge is 0.338 e. The van der Waals surface area contributed by atoms with Crippen molar-refractivity contribution in [1.82, 2.24) is 10.2 Å². The number of benzene rings is 3. The van der Waals surface area contributed by atoms with Gasteiger partial charge < -0.3 is 14.2 Å². The van der Waals surface area contributed by atoms with Gasteiger partial charge in [0.2, 0.25) is 0 Å². The predicted octanol–water partition coefficient (Wildman–Crippen LogP) is 5.41. The van der Waals surface area contributed by atoms with Crippen LogP contribution in [0.3, 0.4) is 0 Å². The van der Waals surface area contributed by atoms with E-state index in [4.69, 9.17) is 14.2 Å². The minimum absolute atomic E-state index is 0.212. The van der Waals surface area contributed by atoms with Crippen LogP contribution in [-0.4, -0.2) is 42.4 Å². The van der Waals surface area contributed by atoms with E-state index in [1.165, 1.54) is 0 Å². The molecule has 0 saturated heterocycles. The lowest BCUT2D eigenvalue weighted by atomic mass is 9.95. The van der Waals surface area contributed by atoms with Crippen molar-refractivity contribution in [3.8, 4) is 22.8 Å². The Labute approximate surface area is 214 Å². The van der Waals surface area contributed by atoms with Gasteiger partial charge in [-0.25, -0.2) is 4.79 Å². The highest BCUT2D eigenvalue weighted by Gasteiger charge is 2.43. The maximum absolute atomic E-state index is 13.8. The number of methoxy groups -OCH3 is 1. The molecule has 37 heavy (non-hydrogen) atoms. The van der Waals surface area contributed by atoms with E-state index in [9.17, 15) is 9.59 Å². The van der Waals surface area contributed by atoms with Gasteiger partial charge in [-0.15, -0.1) is 0 Å². The van der Waals surface area contributed by atoms with Gasteiger partial charge in [0.1, 0.15) is 17.2 Å². The topological polar surface area (TPSA) is 93.8 Å². The fourth-order valence-electron chi connectivity index (χ4n) is 4.61. The lowest BCUT2D eigenvalue weighted by Crippen LogP contribution is -2.29. The second-order valence-corrected chi connectivity index (χ2v) is 8.44. The van der Waals surface area contributed by atoms with Crippen LogP contribution in [0.5, 0.6) is 11.5 Å². The third-order valence-electron chi connectivity index (χ3n) is 6.27. The number of aromatic nitrogens is 2. The number of nitrogens with one attached hydrogen (secondary N) is 1. The van der Waals surface area contributed by atoms with Crippen LogP contribution in [-0.2, 0) is 4.74 Å². The monoisotopic (exact) mass is 497 g/mol. The summed E-state index contributed by atoms with van der Waals surface area (Å²) in [7, 11) is 1.61. The molecule has 4 aromatic rings. The molecule has 0 fully saturated rings. The van der Waals surface area contributed by atoms with E-state index in [1.54, 1.807) is 43.2 Å². The van der Waals surface area contributed by atoms with Gasteiger partial charge in [-0.05, 0) is 80.1 Å². The Hall–Kier alpha value is -4.59. The Morgan fingerprint density at radius 3 is 2.41 bits per heavy atom. The van der Waals surface area contributed by atoms with E-state index in [-0.39, 0.29) is 5.91 Å². The number of fused-ring (bicyclic) bond motifs is 1. The van der Waals surface area contributed by atoms with Crippen molar-refractivity contribution in [3.63, 3.8) is 0 Å². The van der Waals surface area contributed by atoms with Crippen LogP contribution in [0, 0.1) is 0 Å². The molecule has 1 aliphatic rings. The van der Waals surface area contributed by atoms with E-state index >= 15 is 0 Å². The summed E-state index contributed by atoms with van der Waals surface area (Å²) >= 11 is 0. The van der Waals surface area contributed by atoms with Crippen LogP contribution < -0.4 is 14.4 Å². The molecule has 0 saturated carbocycles. The highest BCUT2D eigenvalue weighted by molar-refractivity contribution is 6.12. The Balaban J connectivity index is 1.61. The van der Waals surface area contributed by atoms with Crippen molar-refractivity contribution < 1.29 is 23.8 Å². The molecule has 1 amide bonds. The maximum atomic E-state index is 13.8. The maximum Gasteiger partial charge on any atom is 0.338 e. The van der Waals surface area contributed by atoms with Gasteiger partial charge in [-0.3, -0.25) is 14.8 Å². The largest absolute Gasteiger partial charge is 0.497 e. The van der Waals surface area contributed by atoms with Crippen molar-refractivity contribution in [1.29, 1.82) is 0 Å². The summed E-state index contributed by atoms with van der Waals surface area (Å²) in [4.78, 5) is 27.6. The second-order valence-electron chi connectivity index (χ2n) is 8.44. The molecule has 0 aliphatic carbocycles. The van der Waals surface area contributed by atoms with E-state index in [0.717, 1.165) is 22.4 Å². The van der Waals surface area contributed by atoms with Crippen molar-refractivity contribution in [2.75, 3.05) is 25.2 Å². The Morgan fingerprint density at radius 2 is 1.73 bits per heavy atom. The summed E-state index contributed by atoms with van der Waals surface area (Å²) in [5.74, 6) is 0.832. The molecule has 188 valence electrons. The average molecular weight is 498 g/mol. The van der Waals surface area contributed by atoms with Crippen LogP contribution in [0.15, 0.2) is 72.8 Å². The molecule has 0 unspecified atom stereocenters. The van der Waals surface area contributed by atoms with E-state index in [2.05, 4.69) is 10.2 Å². The van der Waals surface area contributed by atoms with E-state index in [1.807, 2.05) is 55.5 Å². The molecule has 1 atom stereocenters. The van der Waals surface area contributed by atoms with E-state index < -0.39 is 12.0 Å². The minimum Gasteiger partial charge on any atom is -0.497 e. The summed E-state index contributed by atoms with van der Waals surface area (Å²) in [5.41, 5.74) is 4.68. The zero-order valence-electron chi connectivity index (χ0n) is 20.9. The second kappa shape index (κ2) is 10.2. The number of anilines is 1. The van der Waals surface area contributed by atoms with Crippen molar-refractivity contribution in [2.45, 2.75) is 19.9 Å². The van der Waals surface area contributed by atoms with Gasteiger partial charge >= 0.3 is 5.97 Å². The first-order valence-electron chi connectivity index (χ1n) is 12.1. The Kier molecular flexibility index (Phi) is 6.64. The molecule has 1 aliphatic heterocycles. The quantitative estimate of drug-likeness (QED) is 0.327. The average Bonchev–Trinajstić information content (AvgIpc) is 3.48. The molecular weight excluding hydrogens is 470 g/mol. The molecule has 8 heteroatoms. The third kappa shape index (κ3) is 4.42. The highest BCUT2D eigenvalue weighted by Crippen LogP contribution is 2.45. The number of carbonyl (C=O) groups excluding carboxylic acids is 2. The van der Waals surface area contributed by atoms with Gasteiger partial charge in [0.15, 0.2) is 0 Å². The van der Waals surface area contributed by atoms with Gasteiger partial charge in [-0.1, -0.05) is 12.1 Å². The van der Waals surface area contributed by atoms with Crippen LogP contribution in [0.25, 0.3) is 11.3 Å². The van der Waals surface area contributed by atoms with Crippen molar-refractivity contribution in [3.05, 3.63) is 95.2 Å². The summed E-state index contributed by atoms with van der Waals surface area (Å²) < 4.78 is 16.2. The van der Waals surface area contributed by atoms with Gasteiger partial charge in [0.05, 0.1) is 37.6 Å². The Bertz CT molecular complexity index is 1430. The number of ether oxygens (including phenoxy) is 3. The van der Waals surface area contributed by atoms with Crippen molar-refractivity contribution in [2.24, 2.45) is 0 Å².